The van der Waals surface area contributed by atoms with Crippen LogP contribution in [0.1, 0.15) is 24.3 Å². The van der Waals surface area contributed by atoms with Crippen LogP contribution < -0.4 is 4.74 Å². The molecule has 0 bridgehead atoms. The Morgan fingerprint density at radius 2 is 2.22 bits per heavy atom. The highest BCUT2D eigenvalue weighted by Gasteiger charge is 2.19. The van der Waals surface area contributed by atoms with Gasteiger partial charge >= 0.3 is 5.97 Å². The van der Waals surface area contributed by atoms with E-state index in [1.165, 1.54) is 23.1 Å². The summed E-state index contributed by atoms with van der Waals surface area (Å²) in [6.45, 7) is 4.59. The van der Waals surface area contributed by atoms with Crippen molar-refractivity contribution in [2.24, 2.45) is 0 Å². The van der Waals surface area contributed by atoms with Gasteiger partial charge in [-0.2, -0.15) is 0 Å². The van der Waals surface area contributed by atoms with Crippen LogP contribution in [0.15, 0.2) is 27.6 Å². The van der Waals surface area contributed by atoms with Crippen LogP contribution in [0.4, 0.5) is 0 Å². The summed E-state index contributed by atoms with van der Waals surface area (Å²) < 4.78 is 12.3. The van der Waals surface area contributed by atoms with Crippen LogP contribution in [0.3, 0.4) is 0 Å². The molecule has 7 nitrogen and oxygen atoms in total. The van der Waals surface area contributed by atoms with Gasteiger partial charge in [-0.3, -0.25) is 5.10 Å². The predicted molar refractivity (Wildman–Crippen MR) is 87.3 cm³/mol. The molecule has 9 heteroatoms. The molecule has 0 saturated heterocycles. The number of thiazole rings is 1. The molecule has 3 aromatic rings. The number of hydrogen-bond acceptors (Lipinski definition) is 8. The summed E-state index contributed by atoms with van der Waals surface area (Å²) in [7, 11) is 0. The first-order chi connectivity index (χ1) is 11.2. The highest BCUT2D eigenvalue weighted by molar-refractivity contribution is 8.01. The van der Waals surface area contributed by atoms with Crippen molar-refractivity contribution in [2.75, 3.05) is 13.2 Å². The lowest BCUT2D eigenvalue weighted by molar-refractivity contribution is 0.0515. The van der Waals surface area contributed by atoms with E-state index < -0.39 is 5.97 Å². The summed E-state index contributed by atoms with van der Waals surface area (Å²) in [6.07, 6.45) is 0. The largest absolute Gasteiger partial charge is 0.494 e. The lowest BCUT2D eigenvalue weighted by Gasteiger charge is -2.00. The van der Waals surface area contributed by atoms with E-state index >= 15 is 0 Å². The molecular weight excluding hydrogens is 336 g/mol. The minimum Gasteiger partial charge on any atom is -0.494 e. The zero-order valence-electron chi connectivity index (χ0n) is 12.5. The Kier molecular flexibility index (Phi) is 4.77. The van der Waals surface area contributed by atoms with Gasteiger partial charge in [-0.1, -0.05) is 5.21 Å². The number of nitrogens with one attached hydrogen (secondary N) is 1. The molecule has 0 atom stereocenters. The van der Waals surface area contributed by atoms with E-state index in [-0.39, 0.29) is 5.69 Å². The molecule has 23 heavy (non-hydrogen) atoms. The number of carbonyl (C=O) groups excluding carboxylic acids is 1. The summed E-state index contributed by atoms with van der Waals surface area (Å²) in [4.78, 5) is 16.4. The lowest BCUT2D eigenvalue weighted by Crippen LogP contribution is -2.06. The summed E-state index contributed by atoms with van der Waals surface area (Å²) in [5.41, 5.74) is 1.09. The zero-order chi connectivity index (χ0) is 16.2. The van der Waals surface area contributed by atoms with Crippen molar-refractivity contribution >= 4 is 39.3 Å². The molecule has 1 N–H and O–H groups in total. The molecule has 0 aliphatic rings. The van der Waals surface area contributed by atoms with Crippen LogP contribution in [0.2, 0.25) is 0 Å². The first kappa shape index (κ1) is 15.8. The second-order valence-corrected chi connectivity index (χ2v) is 6.62. The number of aromatic nitrogens is 4. The maximum Gasteiger partial charge on any atom is 0.359 e. The summed E-state index contributed by atoms with van der Waals surface area (Å²) in [5, 5.41) is 10.6. The lowest BCUT2D eigenvalue weighted by atomic mass is 10.3. The Bertz CT molecular complexity index is 830. The quantitative estimate of drug-likeness (QED) is 0.683. The number of carbonyl (C=O) groups is 1. The van der Waals surface area contributed by atoms with Crippen LogP contribution in [0.5, 0.6) is 5.75 Å². The molecule has 0 radical (unpaired) electrons. The number of ether oxygens (including phenoxy) is 2. The van der Waals surface area contributed by atoms with Crippen molar-refractivity contribution in [3.8, 4) is 5.75 Å². The number of esters is 1. The number of H-pyrrole nitrogens is 1. The van der Waals surface area contributed by atoms with Crippen LogP contribution in [0.25, 0.3) is 10.2 Å². The van der Waals surface area contributed by atoms with Crippen molar-refractivity contribution in [3.63, 3.8) is 0 Å². The molecule has 0 saturated carbocycles. The molecule has 0 aliphatic heterocycles. The third-order valence-corrected chi connectivity index (χ3v) is 4.91. The van der Waals surface area contributed by atoms with Crippen molar-refractivity contribution in [2.45, 2.75) is 23.2 Å². The van der Waals surface area contributed by atoms with Crippen LogP contribution in [-0.2, 0) is 4.74 Å². The van der Waals surface area contributed by atoms with Crippen molar-refractivity contribution in [3.05, 3.63) is 23.9 Å². The van der Waals surface area contributed by atoms with E-state index in [0.717, 1.165) is 20.3 Å². The van der Waals surface area contributed by atoms with Gasteiger partial charge in [0.2, 0.25) is 0 Å². The van der Waals surface area contributed by atoms with Crippen molar-refractivity contribution < 1.29 is 14.3 Å². The van der Waals surface area contributed by atoms with Crippen LogP contribution >= 0.6 is 23.1 Å². The second-order valence-electron chi connectivity index (χ2n) is 4.36. The Hall–Kier alpha value is -2.13. The van der Waals surface area contributed by atoms with Gasteiger partial charge in [0.05, 0.1) is 23.4 Å². The van der Waals surface area contributed by atoms with E-state index in [4.69, 9.17) is 9.47 Å². The number of fused-ring (bicyclic) bond motifs is 1. The minimum atomic E-state index is -0.472. The molecule has 0 fully saturated rings. The summed E-state index contributed by atoms with van der Waals surface area (Å²) >= 11 is 2.80. The highest BCUT2D eigenvalue weighted by Crippen LogP contribution is 2.35. The first-order valence-corrected chi connectivity index (χ1v) is 8.64. The molecule has 0 aliphatic carbocycles. The Morgan fingerprint density at radius 1 is 1.35 bits per heavy atom. The molecule has 1 aromatic carbocycles. The molecule has 0 amide bonds. The van der Waals surface area contributed by atoms with Gasteiger partial charge in [0.15, 0.2) is 15.1 Å². The van der Waals surface area contributed by atoms with Crippen LogP contribution in [-0.4, -0.2) is 39.6 Å². The standard InChI is InChI=1S/C14H14N4O3S2/c1-3-20-8-5-6-10-9(7-8)15-14(22-10)23-12-11(16-18-17-12)13(19)21-4-2/h5-7H,3-4H2,1-2H3,(H,16,17,18). The number of nitrogens with zero attached hydrogens (tertiary/aromatic N) is 3. The van der Waals surface area contributed by atoms with Crippen molar-refractivity contribution in [1.29, 1.82) is 0 Å². The van der Waals surface area contributed by atoms with Crippen molar-refractivity contribution in [1.82, 2.24) is 20.4 Å². The Morgan fingerprint density at radius 3 is 3.00 bits per heavy atom. The number of hydrogen-bond donors (Lipinski definition) is 1. The molecule has 2 aromatic heterocycles. The maximum atomic E-state index is 11.8. The average molecular weight is 350 g/mol. The number of rotatable bonds is 6. The van der Waals surface area contributed by atoms with Gasteiger partial charge in [-0.25, -0.2) is 9.78 Å². The third-order valence-electron chi connectivity index (χ3n) is 2.83. The van der Waals surface area contributed by atoms with Gasteiger partial charge in [0.1, 0.15) is 5.75 Å². The highest BCUT2D eigenvalue weighted by atomic mass is 32.2. The molecular formula is C14H14N4O3S2. The maximum absolute atomic E-state index is 11.8. The molecule has 3 rings (SSSR count). The van der Waals surface area contributed by atoms with E-state index in [2.05, 4.69) is 20.4 Å². The van der Waals surface area contributed by atoms with E-state index in [1.807, 2.05) is 25.1 Å². The van der Waals surface area contributed by atoms with Gasteiger partial charge in [-0.05, 0) is 37.7 Å². The zero-order valence-corrected chi connectivity index (χ0v) is 14.2. The first-order valence-electron chi connectivity index (χ1n) is 7.00. The number of benzene rings is 1. The van der Waals surface area contributed by atoms with Gasteiger partial charge < -0.3 is 9.47 Å². The van der Waals surface area contributed by atoms with Gasteiger partial charge in [0, 0.05) is 6.07 Å². The van der Waals surface area contributed by atoms with E-state index in [9.17, 15) is 4.79 Å². The van der Waals surface area contributed by atoms with Gasteiger partial charge in [-0.15, -0.1) is 16.4 Å². The minimum absolute atomic E-state index is 0.242. The van der Waals surface area contributed by atoms with E-state index in [1.54, 1.807) is 6.92 Å². The molecule has 2 heterocycles. The fourth-order valence-corrected chi connectivity index (χ4v) is 3.87. The third kappa shape index (κ3) is 3.45. The number of aromatic amines is 1. The second kappa shape index (κ2) is 6.97. The molecule has 0 unspecified atom stereocenters. The van der Waals surface area contributed by atoms with Gasteiger partial charge in [0.25, 0.3) is 0 Å². The SMILES string of the molecule is CCOC(=O)c1[nH]nnc1Sc1nc2cc(OCC)ccc2s1. The Balaban J connectivity index is 1.84. The summed E-state index contributed by atoms with van der Waals surface area (Å²) in [6, 6.07) is 5.78. The monoisotopic (exact) mass is 350 g/mol. The molecule has 0 spiro atoms. The van der Waals surface area contributed by atoms with E-state index in [0.29, 0.717) is 18.2 Å². The smallest absolute Gasteiger partial charge is 0.359 e. The van der Waals surface area contributed by atoms with Crippen LogP contribution in [0, 0.1) is 0 Å². The normalized spacial score (nSPS) is 10.9. The molecule has 120 valence electrons. The fourth-order valence-electron chi connectivity index (χ4n) is 1.89. The Labute approximate surface area is 140 Å². The topological polar surface area (TPSA) is 90.0 Å². The average Bonchev–Trinajstić information content (AvgIpc) is 3.14. The summed E-state index contributed by atoms with van der Waals surface area (Å²) in [5.74, 6) is 0.315. The predicted octanol–water partition coefficient (Wildman–Crippen LogP) is 3.14. The fraction of sp³-hybridized carbons (Fsp3) is 0.286.